The van der Waals surface area contributed by atoms with Crippen LogP contribution in [0.25, 0.3) is 99.0 Å². The van der Waals surface area contributed by atoms with Crippen LogP contribution in [0.5, 0.6) is 0 Å². The van der Waals surface area contributed by atoms with Gasteiger partial charge in [0, 0.05) is 57.6 Å². The zero-order valence-corrected chi connectivity index (χ0v) is 29.1. The van der Waals surface area contributed by atoms with Crippen LogP contribution in [-0.4, -0.2) is 15.0 Å². The predicted molar refractivity (Wildman–Crippen MR) is 222 cm³/mol. The molecular formula is C50H30N4. The molecule has 0 bridgehead atoms. The lowest BCUT2D eigenvalue weighted by molar-refractivity contribution is 1.32. The summed E-state index contributed by atoms with van der Waals surface area (Å²) in [5.74, 6) is 0. The topological polar surface area (TPSA) is 62.5 Å². The molecule has 0 saturated heterocycles. The van der Waals surface area contributed by atoms with E-state index in [0.717, 1.165) is 72.1 Å². The van der Waals surface area contributed by atoms with E-state index in [0.29, 0.717) is 5.56 Å². The van der Waals surface area contributed by atoms with E-state index in [1.165, 1.54) is 26.9 Å². The van der Waals surface area contributed by atoms with Crippen molar-refractivity contribution in [1.82, 2.24) is 15.0 Å². The first-order valence-corrected chi connectivity index (χ1v) is 18.0. The van der Waals surface area contributed by atoms with E-state index in [1.807, 2.05) is 48.8 Å². The second-order valence-electron chi connectivity index (χ2n) is 13.6. The molecule has 10 rings (SSSR count). The lowest BCUT2D eigenvalue weighted by atomic mass is 9.89. The summed E-state index contributed by atoms with van der Waals surface area (Å²) >= 11 is 0. The molecule has 4 nitrogen and oxygen atoms in total. The number of nitrogens with zero attached hydrogens (tertiary/aromatic N) is 4. The number of nitriles is 1. The van der Waals surface area contributed by atoms with Crippen LogP contribution in [0.2, 0.25) is 0 Å². The van der Waals surface area contributed by atoms with Crippen LogP contribution in [-0.2, 0) is 0 Å². The van der Waals surface area contributed by atoms with Crippen molar-refractivity contribution in [3.8, 4) is 61.8 Å². The molecular weight excluding hydrogens is 657 g/mol. The third kappa shape index (κ3) is 5.35. The number of benzene rings is 7. The minimum Gasteiger partial charge on any atom is -0.264 e. The van der Waals surface area contributed by atoms with Crippen molar-refractivity contribution in [2.24, 2.45) is 0 Å². The molecule has 4 heteroatoms. The molecule has 3 heterocycles. The van der Waals surface area contributed by atoms with Gasteiger partial charge in [0.25, 0.3) is 0 Å². The van der Waals surface area contributed by atoms with Gasteiger partial charge in [-0.2, -0.15) is 5.26 Å². The highest BCUT2D eigenvalue weighted by molar-refractivity contribution is 6.33. The Morgan fingerprint density at radius 3 is 1.43 bits per heavy atom. The Bertz CT molecular complexity index is 3020. The molecule has 7 aromatic carbocycles. The number of rotatable bonds is 5. The maximum Gasteiger partial charge on any atom is 0.0991 e. The third-order valence-corrected chi connectivity index (χ3v) is 10.4. The van der Waals surface area contributed by atoms with Gasteiger partial charge in [-0.05, 0) is 103 Å². The summed E-state index contributed by atoms with van der Waals surface area (Å²) in [5, 5.41) is 17.7. The van der Waals surface area contributed by atoms with Gasteiger partial charge in [0.1, 0.15) is 0 Å². The smallest absolute Gasteiger partial charge is 0.0991 e. The Hall–Kier alpha value is -7.48. The quantitative estimate of drug-likeness (QED) is 0.169. The molecule has 0 fully saturated rings. The predicted octanol–water partition coefficient (Wildman–Crippen LogP) is 12.7. The Kier molecular flexibility index (Phi) is 7.49. The lowest BCUT2D eigenvalue weighted by Crippen LogP contribution is -1.94. The molecule has 250 valence electrons. The Morgan fingerprint density at radius 1 is 0.370 bits per heavy atom. The van der Waals surface area contributed by atoms with Crippen molar-refractivity contribution >= 4 is 43.2 Å². The van der Waals surface area contributed by atoms with Crippen LogP contribution in [0.1, 0.15) is 5.56 Å². The third-order valence-electron chi connectivity index (χ3n) is 10.4. The minimum absolute atomic E-state index is 0.627. The number of hydrogen-bond acceptors (Lipinski definition) is 4. The summed E-state index contributed by atoms with van der Waals surface area (Å²) in [4.78, 5) is 14.2. The minimum atomic E-state index is 0.627. The molecule has 10 aromatic rings. The fourth-order valence-electron chi connectivity index (χ4n) is 7.82. The highest BCUT2D eigenvalue weighted by Crippen LogP contribution is 2.43. The van der Waals surface area contributed by atoms with E-state index in [9.17, 15) is 5.26 Å². The normalized spacial score (nSPS) is 11.3. The first-order valence-electron chi connectivity index (χ1n) is 18.0. The average Bonchev–Trinajstić information content (AvgIpc) is 3.26. The number of aromatic nitrogens is 3. The summed E-state index contributed by atoms with van der Waals surface area (Å²) in [6, 6.07) is 57.6. The van der Waals surface area contributed by atoms with Gasteiger partial charge in [-0.1, -0.05) is 109 Å². The maximum atomic E-state index is 9.54. The standard InChI is InChI=1S/C50H30N4/c51-29-32-13-15-35(16-14-32)50-49-45-12-4-2-10-43(45)42-9-1-3-11-44(42)48(49)46-22-21-36(28-47(46)54-50)33-17-19-34(20-18-33)39-25-40(37-7-5-23-52-30-37)27-41(26-39)38-8-6-24-53-31-38/h1-28,30-31H. The van der Waals surface area contributed by atoms with Gasteiger partial charge >= 0.3 is 0 Å². The van der Waals surface area contributed by atoms with Crippen LogP contribution in [0.15, 0.2) is 183 Å². The second kappa shape index (κ2) is 12.9. The van der Waals surface area contributed by atoms with Gasteiger partial charge in [-0.3, -0.25) is 9.97 Å². The molecule has 3 aromatic heterocycles. The van der Waals surface area contributed by atoms with Crippen LogP contribution in [0.4, 0.5) is 0 Å². The van der Waals surface area contributed by atoms with Crippen LogP contribution in [0.3, 0.4) is 0 Å². The molecule has 0 amide bonds. The molecule has 0 aliphatic rings. The molecule has 0 atom stereocenters. The van der Waals surface area contributed by atoms with Crippen molar-refractivity contribution in [3.63, 3.8) is 0 Å². The fraction of sp³-hybridized carbons (Fsp3) is 0. The Labute approximate surface area is 312 Å². The molecule has 0 aliphatic carbocycles. The summed E-state index contributed by atoms with van der Waals surface area (Å²) in [6.45, 7) is 0. The van der Waals surface area contributed by atoms with E-state index in [2.05, 4.69) is 137 Å². The van der Waals surface area contributed by atoms with Gasteiger partial charge in [0.15, 0.2) is 0 Å². The van der Waals surface area contributed by atoms with Crippen LogP contribution in [0, 0.1) is 11.3 Å². The highest BCUT2D eigenvalue weighted by Gasteiger charge is 2.18. The highest BCUT2D eigenvalue weighted by atomic mass is 14.7. The largest absolute Gasteiger partial charge is 0.264 e. The SMILES string of the molecule is N#Cc1ccc(-c2nc3cc(-c4ccc(-c5cc(-c6cccnc6)cc(-c6cccnc6)c5)cc4)ccc3c3c4ccccc4c4ccccc4c23)cc1. The van der Waals surface area contributed by atoms with Gasteiger partial charge in [0.05, 0.1) is 22.8 Å². The molecule has 0 unspecified atom stereocenters. The zero-order chi connectivity index (χ0) is 36.0. The molecule has 0 spiro atoms. The Balaban J connectivity index is 1.13. The van der Waals surface area contributed by atoms with E-state index in [-0.39, 0.29) is 0 Å². The van der Waals surface area contributed by atoms with E-state index < -0.39 is 0 Å². The lowest BCUT2D eigenvalue weighted by Gasteiger charge is -2.17. The van der Waals surface area contributed by atoms with Crippen LogP contribution < -0.4 is 0 Å². The zero-order valence-electron chi connectivity index (χ0n) is 29.1. The van der Waals surface area contributed by atoms with Crippen LogP contribution >= 0.6 is 0 Å². The Morgan fingerprint density at radius 2 is 0.870 bits per heavy atom. The number of hydrogen-bond donors (Lipinski definition) is 0. The van der Waals surface area contributed by atoms with Crippen molar-refractivity contribution < 1.29 is 0 Å². The van der Waals surface area contributed by atoms with E-state index in [4.69, 9.17) is 4.98 Å². The first-order chi connectivity index (χ1) is 26.7. The average molecular weight is 687 g/mol. The van der Waals surface area contributed by atoms with E-state index >= 15 is 0 Å². The summed E-state index contributed by atoms with van der Waals surface area (Å²) in [5.41, 5.74) is 12.3. The fourth-order valence-corrected chi connectivity index (χ4v) is 7.82. The van der Waals surface area contributed by atoms with Crippen molar-refractivity contribution in [1.29, 1.82) is 5.26 Å². The number of fused-ring (bicyclic) bond motifs is 8. The van der Waals surface area contributed by atoms with Gasteiger partial charge in [0.2, 0.25) is 0 Å². The summed E-state index contributed by atoms with van der Waals surface area (Å²) < 4.78 is 0. The molecule has 0 aliphatic heterocycles. The van der Waals surface area contributed by atoms with Gasteiger partial charge in [-0.15, -0.1) is 0 Å². The van der Waals surface area contributed by atoms with E-state index in [1.54, 1.807) is 12.4 Å². The molecule has 0 radical (unpaired) electrons. The van der Waals surface area contributed by atoms with Crippen molar-refractivity contribution in [2.75, 3.05) is 0 Å². The van der Waals surface area contributed by atoms with Crippen molar-refractivity contribution in [3.05, 3.63) is 188 Å². The molecule has 0 N–H and O–H groups in total. The second-order valence-corrected chi connectivity index (χ2v) is 13.6. The van der Waals surface area contributed by atoms with Crippen molar-refractivity contribution in [2.45, 2.75) is 0 Å². The molecule has 0 saturated carbocycles. The number of pyridine rings is 3. The van der Waals surface area contributed by atoms with Gasteiger partial charge in [-0.25, -0.2) is 4.98 Å². The molecule has 54 heavy (non-hydrogen) atoms. The summed E-state index contributed by atoms with van der Waals surface area (Å²) in [6.07, 6.45) is 7.42. The summed E-state index contributed by atoms with van der Waals surface area (Å²) in [7, 11) is 0. The first kappa shape index (κ1) is 31.3. The maximum absolute atomic E-state index is 9.54. The van der Waals surface area contributed by atoms with Gasteiger partial charge < -0.3 is 0 Å². The monoisotopic (exact) mass is 686 g/mol.